The molecule has 0 bridgehead atoms. The number of amides is 2. The van der Waals surface area contributed by atoms with E-state index in [1.165, 1.54) is 0 Å². The summed E-state index contributed by atoms with van der Waals surface area (Å²) in [6, 6.07) is 6.35. The van der Waals surface area contributed by atoms with E-state index in [1.54, 1.807) is 11.8 Å². The van der Waals surface area contributed by atoms with Crippen molar-refractivity contribution >= 4 is 17.8 Å². The molecule has 0 aliphatic carbocycles. The summed E-state index contributed by atoms with van der Waals surface area (Å²) in [5.41, 5.74) is 1.09. The molecule has 1 aromatic heterocycles. The van der Waals surface area contributed by atoms with E-state index in [9.17, 15) is 4.79 Å². The fourth-order valence-corrected chi connectivity index (χ4v) is 3.28. The maximum Gasteiger partial charge on any atom is 0.317 e. The van der Waals surface area contributed by atoms with Crippen LogP contribution in [-0.2, 0) is 6.54 Å². The van der Waals surface area contributed by atoms with Gasteiger partial charge in [0.2, 0.25) is 0 Å². The van der Waals surface area contributed by atoms with Gasteiger partial charge >= 0.3 is 6.03 Å². The van der Waals surface area contributed by atoms with Gasteiger partial charge in [-0.3, -0.25) is 9.88 Å². The predicted octanol–water partition coefficient (Wildman–Crippen LogP) is 2.05. The molecule has 2 amide bonds. The van der Waals surface area contributed by atoms with Crippen LogP contribution in [0.15, 0.2) is 24.4 Å². The SMILES string of the molecule is CCC(CSC)NC(=O)N1CCN(Cc2ccccn2)CC1. The van der Waals surface area contributed by atoms with Crippen LogP contribution in [0.5, 0.6) is 0 Å². The number of piperazine rings is 1. The number of carbonyl (C=O) groups is 1. The van der Waals surface area contributed by atoms with E-state index in [0.29, 0.717) is 0 Å². The molecule has 1 N–H and O–H groups in total. The highest BCUT2D eigenvalue weighted by molar-refractivity contribution is 7.98. The quantitative estimate of drug-likeness (QED) is 0.871. The van der Waals surface area contributed by atoms with Crippen molar-refractivity contribution in [1.82, 2.24) is 20.1 Å². The Kier molecular flexibility index (Phi) is 6.99. The number of thioether (sulfide) groups is 1. The van der Waals surface area contributed by atoms with Crippen molar-refractivity contribution in [3.05, 3.63) is 30.1 Å². The summed E-state index contributed by atoms with van der Waals surface area (Å²) in [6.07, 6.45) is 4.88. The van der Waals surface area contributed by atoms with Gasteiger partial charge in [0.25, 0.3) is 0 Å². The standard InChI is InChI=1S/C16H26N4OS/c1-3-14(13-22-2)18-16(21)20-10-8-19(9-11-20)12-15-6-4-5-7-17-15/h4-7,14H,3,8-13H2,1-2H3,(H,18,21). The van der Waals surface area contributed by atoms with E-state index >= 15 is 0 Å². The Labute approximate surface area is 137 Å². The number of hydrogen-bond acceptors (Lipinski definition) is 4. The maximum absolute atomic E-state index is 12.3. The second-order valence-corrected chi connectivity index (χ2v) is 6.50. The lowest BCUT2D eigenvalue weighted by Gasteiger charge is -2.35. The van der Waals surface area contributed by atoms with Crippen LogP contribution >= 0.6 is 11.8 Å². The first-order chi connectivity index (χ1) is 10.7. The first-order valence-electron chi connectivity index (χ1n) is 7.89. The van der Waals surface area contributed by atoms with E-state index in [1.807, 2.05) is 29.3 Å². The molecule has 22 heavy (non-hydrogen) atoms. The van der Waals surface area contributed by atoms with Gasteiger partial charge in [0, 0.05) is 50.7 Å². The Bertz CT molecular complexity index is 449. The molecule has 0 saturated carbocycles. The van der Waals surface area contributed by atoms with E-state index in [4.69, 9.17) is 0 Å². The van der Waals surface area contributed by atoms with Crippen molar-refractivity contribution in [2.24, 2.45) is 0 Å². The second-order valence-electron chi connectivity index (χ2n) is 5.59. The van der Waals surface area contributed by atoms with Crippen LogP contribution in [0.3, 0.4) is 0 Å². The van der Waals surface area contributed by atoms with Gasteiger partial charge in [-0.2, -0.15) is 11.8 Å². The fourth-order valence-electron chi connectivity index (χ4n) is 2.56. The summed E-state index contributed by atoms with van der Waals surface area (Å²) >= 11 is 1.78. The molecule has 1 saturated heterocycles. The molecule has 1 aliphatic rings. The Morgan fingerprint density at radius 3 is 2.73 bits per heavy atom. The van der Waals surface area contributed by atoms with Crippen LogP contribution < -0.4 is 5.32 Å². The molecule has 122 valence electrons. The van der Waals surface area contributed by atoms with Crippen molar-refractivity contribution < 1.29 is 4.79 Å². The van der Waals surface area contributed by atoms with E-state index in [-0.39, 0.29) is 12.1 Å². The van der Waals surface area contributed by atoms with Gasteiger partial charge in [-0.15, -0.1) is 0 Å². The van der Waals surface area contributed by atoms with Crippen molar-refractivity contribution in [3.63, 3.8) is 0 Å². The maximum atomic E-state index is 12.3. The molecule has 5 nitrogen and oxygen atoms in total. The van der Waals surface area contributed by atoms with Gasteiger partial charge in [0.15, 0.2) is 0 Å². The molecule has 0 aromatic carbocycles. The summed E-state index contributed by atoms with van der Waals surface area (Å²) in [5.74, 6) is 0.974. The monoisotopic (exact) mass is 322 g/mol. The number of pyridine rings is 1. The Morgan fingerprint density at radius 2 is 2.14 bits per heavy atom. The van der Waals surface area contributed by atoms with E-state index in [2.05, 4.69) is 28.4 Å². The normalized spacial score (nSPS) is 17.3. The zero-order chi connectivity index (χ0) is 15.8. The number of aromatic nitrogens is 1. The molecule has 2 rings (SSSR count). The minimum absolute atomic E-state index is 0.0818. The molecule has 0 radical (unpaired) electrons. The van der Waals surface area contributed by atoms with Gasteiger partial charge < -0.3 is 10.2 Å². The van der Waals surface area contributed by atoms with Gasteiger partial charge in [-0.05, 0) is 24.8 Å². The third kappa shape index (κ3) is 5.18. The topological polar surface area (TPSA) is 48.5 Å². The van der Waals surface area contributed by atoms with Crippen LogP contribution in [0.1, 0.15) is 19.0 Å². The van der Waals surface area contributed by atoms with Gasteiger partial charge in [-0.25, -0.2) is 4.79 Å². The lowest BCUT2D eigenvalue weighted by Crippen LogP contribution is -2.53. The third-order valence-corrected chi connectivity index (χ3v) is 4.70. The summed E-state index contributed by atoms with van der Waals surface area (Å²) in [5, 5.41) is 3.14. The number of hydrogen-bond donors (Lipinski definition) is 1. The summed E-state index contributed by atoms with van der Waals surface area (Å²) in [4.78, 5) is 20.9. The van der Waals surface area contributed by atoms with Crippen LogP contribution in [0.2, 0.25) is 0 Å². The fraction of sp³-hybridized carbons (Fsp3) is 0.625. The van der Waals surface area contributed by atoms with Crippen molar-refractivity contribution in [3.8, 4) is 0 Å². The van der Waals surface area contributed by atoms with Crippen molar-refractivity contribution in [2.75, 3.05) is 38.2 Å². The first kappa shape index (κ1) is 17.1. The van der Waals surface area contributed by atoms with E-state index in [0.717, 1.165) is 50.6 Å². The lowest BCUT2D eigenvalue weighted by atomic mass is 10.2. The number of rotatable bonds is 6. The highest BCUT2D eigenvalue weighted by Gasteiger charge is 2.22. The summed E-state index contributed by atoms with van der Waals surface area (Å²) in [6.45, 7) is 6.36. The molecule has 1 aromatic rings. The summed E-state index contributed by atoms with van der Waals surface area (Å²) in [7, 11) is 0. The second kappa shape index (κ2) is 9.00. The molecule has 6 heteroatoms. The number of urea groups is 1. The molecule has 2 heterocycles. The van der Waals surface area contributed by atoms with Crippen LogP contribution in [0.4, 0.5) is 4.79 Å². The molecular formula is C16H26N4OS. The average molecular weight is 322 g/mol. The minimum atomic E-state index is 0.0818. The zero-order valence-electron chi connectivity index (χ0n) is 13.5. The molecule has 1 atom stereocenters. The Hall–Kier alpha value is -1.27. The summed E-state index contributed by atoms with van der Waals surface area (Å²) < 4.78 is 0. The average Bonchev–Trinajstić information content (AvgIpc) is 2.56. The Morgan fingerprint density at radius 1 is 1.36 bits per heavy atom. The van der Waals surface area contributed by atoms with Crippen LogP contribution in [0.25, 0.3) is 0 Å². The third-order valence-electron chi connectivity index (χ3n) is 3.96. The van der Waals surface area contributed by atoms with Crippen molar-refractivity contribution in [1.29, 1.82) is 0 Å². The van der Waals surface area contributed by atoms with Gasteiger partial charge in [0.05, 0.1) is 5.69 Å². The predicted molar refractivity (Wildman–Crippen MR) is 92.1 cm³/mol. The van der Waals surface area contributed by atoms with E-state index < -0.39 is 0 Å². The largest absolute Gasteiger partial charge is 0.334 e. The smallest absolute Gasteiger partial charge is 0.317 e. The highest BCUT2D eigenvalue weighted by atomic mass is 32.2. The molecule has 1 aliphatic heterocycles. The zero-order valence-corrected chi connectivity index (χ0v) is 14.3. The number of nitrogens with zero attached hydrogens (tertiary/aromatic N) is 3. The first-order valence-corrected chi connectivity index (χ1v) is 9.29. The molecule has 1 fully saturated rings. The number of carbonyl (C=O) groups excluding carboxylic acids is 1. The van der Waals surface area contributed by atoms with Gasteiger partial charge in [-0.1, -0.05) is 13.0 Å². The molecule has 1 unspecified atom stereocenters. The lowest BCUT2D eigenvalue weighted by molar-refractivity contribution is 0.133. The Balaban J connectivity index is 1.75. The molecular weight excluding hydrogens is 296 g/mol. The van der Waals surface area contributed by atoms with Crippen LogP contribution in [-0.4, -0.2) is 65.0 Å². The number of nitrogens with one attached hydrogen (secondary N) is 1. The van der Waals surface area contributed by atoms with Crippen LogP contribution in [0, 0.1) is 0 Å². The molecule has 0 spiro atoms. The van der Waals surface area contributed by atoms with Crippen molar-refractivity contribution in [2.45, 2.75) is 25.9 Å². The van der Waals surface area contributed by atoms with Gasteiger partial charge in [0.1, 0.15) is 0 Å². The highest BCUT2D eigenvalue weighted by Crippen LogP contribution is 2.08. The minimum Gasteiger partial charge on any atom is -0.334 e.